The van der Waals surface area contributed by atoms with Gasteiger partial charge < -0.3 is 5.11 Å². The molecule has 0 unspecified atom stereocenters. The van der Waals surface area contributed by atoms with E-state index in [2.05, 4.69) is 6.58 Å². The smallest absolute Gasteiger partial charge is 0.307 e. The maximum atomic E-state index is 11.8. The molecule has 0 saturated heterocycles. The molecule has 0 heterocycles. The van der Waals surface area contributed by atoms with Gasteiger partial charge in [-0.1, -0.05) is 26.0 Å². The lowest BCUT2D eigenvalue weighted by Gasteiger charge is -2.07. The summed E-state index contributed by atoms with van der Waals surface area (Å²) in [6.07, 6.45) is 2.49. The number of unbranched alkanes of at least 4 members (excludes halogenated alkanes) is 1. The van der Waals surface area contributed by atoms with Gasteiger partial charge in [0.1, 0.15) is 0 Å². The Kier molecular flexibility index (Phi) is 5.30. The first-order valence-electron chi connectivity index (χ1n) is 6.11. The van der Waals surface area contributed by atoms with Gasteiger partial charge >= 0.3 is 5.97 Å². The Morgan fingerprint density at radius 2 is 1.95 bits per heavy atom. The molecule has 4 nitrogen and oxygen atoms in total. The number of carboxylic acid groups (broad SMARTS) is 1. The van der Waals surface area contributed by atoms with E-state index in [4.69, 9.17) is 5.11 Å². The molecule has 1 aromatic rings. The van der Waals surface area contributed by atoms with E-state index < -0.39 is 15.8 Å². The lowest BCUT2D eigenvalue weighted by molar-refractivity contribution is -0.136. The molecule has 0 aromatic heterocycles. The van der Waals surface area contributed by atoms with Crippen LogP contribution in [-0.4, -0.2) is 19.5 Å². The van der Waals surface area contributed by atoms with Crippen LogP contribution in [0.5, 0.6) is 0 Å². The molecule has 0 saturated carbocycles. The minimum absolute atomic E-state index is 0.118. The quantitative estimate of drug-likeness (QED) is 0.834. The second-order valence-corrected chi connectivity index (χ2v) is 6.27. The number of rotatable bonds is 7. The van der Waals surface area contributed by atoms with Crippen LogP contribution in [-0.2, 0) is 27.5 Å². The molecule has 0 amide bonds. The van der Waals surface area contributed by atoms with Crippen molar-refractivity contribution in [2.75, 3.05) is 0 Å². The van der Waals surface area contributed by atoms with Gasteiger partial charge in [0.05, 0.1) is 11.3 Å². The van der Waals surface area contributed by atoms with Crippen molar-refractivity contribution >= 4 is 15.8 Å². The summed E-state index contributed by atoms with van der Waals surface area (Å²) < 4.78 is 23.6. The lowest BCUT2D eigenvalue weighted by atomic mass is 10.0. The summed E-state index contributed by atoms with van der Waals surface area (Å²) in [4.78, 5) is 10.9. The van der Waals surface area contributed by atoms with Crippen molar-refractivity contribution in [3.05, 3.63) is 41.3 Å². The Balaban J connectivity index is 3.23. The zero-order valence-electron chi connectivity index (χ0n) is 10.9. The highest BCUT2D eigenvalue weighted by atomic mass is 32.2. The largest absolute Gasteiger partial charge is 0.481 e. The summed E-state index contributed by atoms with van der Waals surface area (Å²) >= 11 is 0. The fraction of sp³-hybridized carbons (Fsp3) is 0.357. The standard InChI is InChI=1S/C14H18O4S/c1-3-5-6-11-7-12(10-14(15)16)9-13(8-11)19(17,18)4-2/h4,7-9H,2-3,5-6,10H2,1H3,(H,15,16). The zero-order chi connectivity index (χ0) is 14.5. The minimum atomic E-state index is -3.53. The number of carbonyl (C=O) groups is 1. The van der Waals surface area contributed by atoms with Crippen molar-refractivity contribution in [2.45, 2.75) is 37.5 Å². The van der Waals surface area contributed by atoms with Gasteiger partial charge in [-0.15, -0.1) is 0 Å². The molecular weight excluding hydrogens is 264 g/mol. The van der Waals surface area contributed by atoms with Crippen LogP contribution in [0.15, 0.2) is 35.1 Å². The van der Waals surface area contributed by atoms with Crippen LogP contribution in [0.1, 0.15) is 30.9 Å². The van der Waals surface area contributed by atoms with E-state index in [9.17, 15) is 13.2 Å². The van der Waals surface area contributed by atoms with E-state index in [0.717, 1.165) is 30.2 Å². The SMILES string of the molecule is C=CS(=O)(=O)c1cc(CCCC)cc(CC(=O)O)c1. The van der Waals surface area contributed by atoms with Crippen molar-refractivity contribution < 1.29 is 18.3 Å². The normalized spacial score (nSPS) is 11.2. The molecule has 104 valence electrons. The summed E-state index contributed by atoms with van der Waals surface area (Å²) in [6.45, 7) is 5.33. The van der Waals surface area contributed by atoms with Gasteiger partial charge in [0, 0.05) is 5.41 Å². The number of aryl methyl sites for hydroxylation is 1. The Hall–Kier alpha value is -1.62. The van der Waals surface area contributed by atoms with Crippen molar-refractivity contribution in [2.24, 2.45) is 0 Å². The summed E-state index contributed by atoms with van der Waals surface area (Å²) in [5.74, 6) is -0.977. The van der Waals surface area contributed by atoms with Crippen LogP contribution in [0.25, 0.3) is 0 Å². The average molecular weight is 282 g/mol. The molecule has 1 aromatic carbocycles. The first-order valence-corrected chi connectivity index (χ1v) is 7.66. The van der Waals surface area contributed by atoms with Gasteiger partial charge in [-0.2, -0.15) is 0 Å². The molecule has 0 atom stereocenters. The molecule has 0 spiro atoms. The Morgan fingerprint density at radius 3 is 2.47 bits per heavy atom. The van der Waals surface area contributed by atoms with Crippen LogP contribution in [0.3, 0.4) is 0 Å². The van der Waals surface area contributed by atoms with E-state index in [1.807, 2.05) is 6.92 Å². The van der Waals surface area contributed by atoms with Crippen molar-refractivity contribution in [3.63, 3.8) is 0 Å². The second-order valence-electron chi connectivity index (χ2n) is 4.37. The molecule has 1 N–H and O–H groups in total. The van der Waals surface area contributed by atoms with Gasteiger partial charge in [-0.05, 0) is 36.1 Å². The van der Waals surface area contributed by atoms with Crippen molar-refractivity contribution in [1.29, 1.82) is 0 Å². The Labute approximate surface area is 113 Å². The third-order valence-electron chi connectivity index (χ3n) is 2.75. The highest BCUT2D eigenvalue weighted by molar-refractivity contribution is 7.94. The van der Waals surface area contributed by atoms with Crippen molar-refractivity contribution in [3.8, 4) is 0 Å². The first-order chi connectivity index (χ1) is 8.89. The van der Waals surface area contributed by atoms with Gasteiger partial charge in [0.2, 0.25) is 0 Å². The molecule has 0 bridgehead atoms. The maximum absolute atomic E-state index is 11.8. The number of sulfone groups is 1. The maximum Gasteiger partial charge on any atom is 0.307 e. The van der Waals surface area contributed by atoms with Crippen LogP contribution in [0.4, 0.5) is 0 Å². The molecular formula is C14H18O4S. The molecule has 0 radical (unpaired) electrons. The molecule has 0 aliphatic carbocycles. The fourth-order valence-electron chi connectivity index (χ4n) is 1.79. The first kappa shape index (κ1) is 15.4. The summed E-state index contributed by atoms with van der Waals surface area (Å²) in [5, 5.41) is 9.70. The Bertz CT molecular complexity index is 573. The van der Waals surface area contributed by atoms with Crippen LogP contribution in [0.2, 0.25) is 0 Å². The molecule has 0 fully saturated rings. The van der Waals surface area contributed by atoms with E-state index >= 15 is 0 Å². The summed E-state index contributed by atoms with van der Waals surface area (Å²) in [7, 11) is -3.53. The second kappa shape index (κ2) is 6.52. The summed E-state index contributed by atoms with van der Waals surface area (Å²) in [6, 6.07) is 4.75. The number of carboxylic acids is 1. The number of hydrogen-bond acceptors (Lipinski definition) is 3. The number of aliphatic carboxylic acids is 1. The van der Waals surface area contributed by atoms with Crippen LogP contribution >= 0.6 is 0 Å². The van der Waals surface area contributed by atoms with Gasteiger partial charge in [0.15, 0.2) is 9.84 Å². The van der Waals surface area contributed by atoms with E-state index in [1.165, 1.54) is 6.07 Å². The minimum Gasteiger partial charge on any atom is -0.481 e. The topological polar surface area (TPSA) is 71.4 Å². The highest BCUT2D eigenvalue weighted by Gasteiger charge is 2.13. The van der Waals surface area contributed by atoms with E-state index in [1.54, 1.807) is 12.1 Å². The van der Waals surface area contributed by atoms with Gasteiger partial charge in [-0.25, -0.2) is 8.42 Å². The van der Waals surface area contributed by atoms with Crippen molar-refractivity contribution in [1.82, 2.24) is 0 Å². The lowest BCUT2D eigenvalue weighted by Crippen LogP contribution is -2.04. The number of benzene rings is 1. The predicted molar refractivity (Wildman–Crippen MR) is 73.8 cm³/mol. The molecule has 19 heavy (non-hydrogen) atoms. The average Bonchev–Trinajstić information content (AvgIpc) is 2.35. The summed E-state index contributed by atoms with van der Waals surface area (Å²) in [5.41, 5.74) is 1.35. The molecule has 0 aliphatic rings. The molecule has 5 heteroatoms. The van der Waals surface area contributed by atoms with Crippen LogP contribution < -0.4 is 0 Å². The third kappa shape index (κ3) is 4.52. The Morgan fingerprint density at radius 1 is 1.32 bits per heavy atom. The van der Waals surface area contributed by atoms with Gasteiger partial charge in [0.25, 0.3) is 0 Å². The van der Waals surface area contributed by atoms with Gasteiger partial charge in [-0.3, -0.25) is 4.79 Å². The predicted octanol–water partition coefficient (Wildman–Crippen LogP) is 2.57. The highest BCUT2D eigenvalue weighted by Crippen LogP contribution is 2.19. The monoisotopic (exact) mass is 282 g/mol. The molecule has 0 aliphatic heterocycles. The molecule has 1 rings (SSSR count). The zero-order valence-corrected chi connectivity index (χ0v) is 11.7. The van der Waals surface area contributed by atoms with Crippen LogP contribution in [0, 0.1) is 0 Å². The van der Waals surface area contributed by atoms with E-state index in [0.29, 0.717) is 5.56 Å². The van der Waals surface area contributed by atoms with E-state index in [-0.39, 0.29) is 11.3 Å². The third-order valence-corrected chi connectivity index (χ3v) is 4.08. The number of hydrogen-bond donors (Lipinski definition) is 1. The fourth-order valence-corrected chi connectivity index (χ4v) is 2.61.